The van der Waals surface area contributed by atoms with Crippen LogP contribution in [0.4, 0.5) is 5.69 Å². The summed E-state index contributed by atoms with van der Waals surface area (Å²) in [6.45, 7) is 2.77. The Morgan fingerprint density at radius 1 is 1.06 bits per heavy atom. The molecule has 2 aromatic carbocycles. The van der Waals surface area contributed by atoms with Gasteiger partial charge >= 0.3 is 0 Å². The fraction of sp³-hybridized carbons (Fsp3) is 0.348. The van der Waals surface area contributed by atoms with Crippen LogP contribution >= 0.6 is 0 Å². The number of sulfonamides is 1. The van der Waals surface area contributed by atoms with Crippen LogP contribution in [0, 0.1) is 0 Å². The molecule has 0 unspecified atom stereocenters. The Kier molecular flexibility index (Phi) is 6.02. The van der Waals surface area contributed by atoms with Crippen LogP contribution < -0.4 is 19.7 Å². The molecule has 0 bridgehead atoms. The van der Waals surface area contributed by atoms with Crippen molar-refractivity contribution in [2.75, 3.05) is 37.3 Å². The maximum atomic E-state index is 11.9. The van der Waals surface area contributed by atoms with E-state index < -0.39 is 10.0 Å². The molecule has 0 aromatic heterocycles. The molecule has 2 aliphatic rings. The number of ether oxygens (including phenoxy) is 1. The highest BCUT2D eigenvalue weighted by Crippen LogP contribution is 2.29. The second-order valence-corrected chi connectivity index (χ2v) is 9.91. The molecule has 0 aliphatic carbocycles. The molecule has 7 nitrogen and oxygen atoms in total. The summed E-state index contributed by atoms with van der Waals surface area (Å²) >= 11 is 0. The topological polar surface area (TPSA) is 87.7 Å². The zero-order valence-corrected chi connectivity index (χ0v) is 18.6. The van der Waals surface area contributed by atoms with Crippen LogP contribution in [0.15, 0.2) is 48.0 Å². The third-order valence-corrected chi connectivity index (χ3v) is 7.04. The van der Waals surface area contributed by atoms with E-state index in [4.69, 9.17) is 4.74 Å². The van der Waals surface area contributed by atoms with Crippen LogP contribution in [0.1, 0.15) is 34.3 Å². The monoisotopic (exact) mass is 441 g/mol. The molecule has 2 heterocycles. The van der Waals surface area contributed by atoms with Gasteiger partial charge in [-0.3, -0.25) is 9.10 Å². The molecule has 1 amide bonds. The van der Waals surface area contributed by atoms with Crippen molar-refractivity contribution in [3.8, 4) is 5.75 Å². The standard InChI is InChI=1S/C23H27N3O4S/c1-26(31(2,28)29)19-6-3-16(4-7-19)21-10-12-24-11-9-18(21)15-30-20-8-5-17-14-25-23(27)22(17)13-20/h3-8,13,24H,9-12,14-15H2,1-2H3,(H,25,27). The third kappa shape index (κ3) is 4.75. The maximum Gasteiger partial charge on any atom is 0.252 e. The van der Waals surface area contributed by atoms with Gasteiger partial charge in [-0.15, -0.1) is 0 Å². The number of anilines is 1. The van der Waals surface area contributed by atoms with Gasteiger partial charge in [0.05, 0.1) is 11.9 Å². The summed E-state index contributed by atoms with van der Waals surface area (Å²) in [6, 6.07) is 13.3. The van der Waals surface area contributed by atoms with E-state index in [0.717, 1.165) is 37.1 Å². The Morgan fingerprint density at radius 2 is 1.81 bits per heavy atom. The summed E-state index contributed by atoms with van der Waals surface area (Å²) in [7, 11) is -1.74. The van der Waals surface area contributed by atoms with Crippen LogP contribution in [0.3, 0.4) is 0 Å². The van der Waals surface area contributed by atoms with Crippen molar-refractivity contribution in [2.45, 2.75) is 19.4 Å². The van der Waals surface area contributed by atoms with E-state index in [1.165, 1.54) is 21.7 Å². The van der Waals surface area contributed by atoms with Gasteiger partial charge in [-0.25, -0.2) is 8.42 Å². The minimum atomic E-state index is -3.29. The van der Waals surface area contributed by atoms with Gasteiger partial charge < -0.3 is 15.4 Å². The minimum absolute atomic E-state index is 0.0572. The lowest BCUT2D eigenvalue weighted by molar-refractivity contribution is 0.0965. The van der Waals surface area contributed by atoms with Crippen LogP contribution in [0.5, 0.6) is 5.75 Å². The molecule has 4 rings (SSSR count). The molecule has 0 saturated carbocycles. The highest BCUT2D eigenvalue weighted by molar-refractivity contribution is 7.92. The van der Waals surface area contributed by atoms with Gasteiger partial charge in [-0.05, 0) is 72.5 Å². The van der Waals surface area contributed by atoms with Crippen molar-refractivity contribution in [1.29, 1.82) is 0 Å². The Balaban J connectivity index is 1.56. The fourth-order valence-corrected chi connectivity index (χ4v) is 4.43. The molecular formula is C23H27N3O4S. The number of nitrogens with zero attached hydrogens (tertiary/aromatic N) is 1. The Labute approximate surface area is 183 Å². The van der Waals surface area contributed by atoms with Crippen molar-refractivity contribution in [2.24, 2.45) is 0 Å². The summed E-state index contributed by atoms with van der Waals surface area (Å²) in [4.78, 5) is 11.9. The molecule has 164 valence electrons. The zero-order valence-electron chi connectivity index (χ0n) is 17.8. The molecule has 0 atom stereocenters. The molecule has 31 heavy (non-hydrogen) atoms. The first-order valence-corrected chi connectivity index (χ1v) is 12.2. The number of nitrogens with one attached hydrogen (secondary N) is 2. The summed E-state index contributed by atoms with van der Waals surface area (Å²) in [6.07, 6.45) is 2.93. The van der Waals surface area contributed by atoms with Crippen LogP contribution in [0.25, 0.3) is 5.57 Å². The zero-order chi connectivity index (χ0) is 22.0. The number of hydrogen-bond donors (Lipinski definition) is 2. The average Bonchev–Trinajstić information content (AvgIpc) is 2.97. The third-order valence-electron chi connectivity index (χ3n) is 5.84. The molecule has 0 fully saturated rings. The van der Waals surface area contributed by atoms with Crippen molar-refractivity contribution < 1.29 is 17.9 Å². The number of carbonyl (C=O) groups excluding carboxylic acids is 1. The number of benzene rings is 2. The summed E-state index contributed by atoms with van der Waals surface area (Å²) < 4.78 is 30.9. The molecule has 2 aromatic rings. The van der Waals surface area contributed by atoms with Crippen LogP contribution in [-0.4, -0.2) is 47.3 Å². The lowest BCUT2D eigenvalue weighted by atomic mass is 9.96. The van der Waals surface area contributed by atoms with Crippen LogP contribution in [-0.2, 0) is 16.6 Å². The van der Waals surface area contributed by atoms with E-state index in [9.17, 15) is 13.2 Å². The smallest absolute Gasteiger partial charge is 0.252 e. The SMILES string of the molecule is CN(c1ccc(C2=C(COc3ccc4c(c3)C(=O)NC4)CCNCC2)cc1)S(C)(=O)=O. The van der Waals surface area contributed by atoms with E-state index >= 15 is 0 Å². The van der Waals surface area contributed by atoms with Crippen LogP contribution in [0.2, 0.25) is 0 Å². The molecule has 8 heteroatoms. The van der Waals surface area contributed by atoms with Crippen molar-refractivity contribution in [1.82, 2.24) is 10.6 Å². The largest absolute Gasteiger partial charge is 0.489 e. The van der Waals surface area contributed by atoms with Gasteiger partial charge in [-0.1, -0.05) is 18.2 Å². The van der Waals surface area contributed by atoms with Crippen molar-refractivity contribution >= 4 is 27.2 Å². The number of rotatable bonds is 6. The normalized spacial score (nSPS) is 16.5. The molecule has 2 aliphatic heterocycles. The van der Waals surface area contributed by atoms with Gasteiger partial charge in [-0.2, -0.15) is 0 Å². The highest BCUT2D eigenvalue weighted by atomic mass is 32.2. The van der Waals surface area contributed by atoms with E-state index in [0.29, 0.717) is 30.2 Å². The quantitative estimate of drug-likeness (QED) is 0.719. The average molecular weight is 442 g/mol. The van der Waals surface area contributed by atoms with Crippen molar-refractivity contribution in [3.05, 3.63) is 64.7 Å². The molecule has 0 spiro atoms. The first-order valence-electron chi connectivity index (χ1n) is 10.3. The lowest BCUT2D eigenvalue weighted by Gasteiger charge is -2.18. The molecule has 0 radical (unpaired) electrons. The number of carbonyl (C=O) groups is 1. The second kappa shape index (κ2) is 8.72. The minimum Gasteiger partial charge on any atom is -0.489 e. The van der Waals surface area contributed by atoms with Gasteiger partial charge in [0.25, 0.3) is 5.91 Å². The molecule has 0 saturated heterocycles. The number of hydrogen-bond acceptors (Lipinski definition) is 5. The van der Waals surface area contributed by atoms with Gasteiger partial charge in [0.15, 0.2) is 0 Å². The van der Waals surface area contributed by atoms with E-state index in [1.54, 1.807) is 7.05 Å². The summed E-state index contributed by atoms with van der Waals surface area (Å²) in [5, 5.41) is 6.25. The van der Waals surface area contributed by atoms with Gasteiger partial charge in [0.2, 0.25) is 10.0 Å². The highest BCUT2D eigenvalue weighted by Gasteiger charge is 2.20. The summed E-state index contributed by atoms with van der Waals surface area (Å²) in [5.74, 6) is 0.628. The Morgan fingerprint density at radius 3 is 2.55 bits per heavy atom. The Bertz CT molecular complexity index is 1120. The lowest BCUT2D eigenvalue weighted by Crippen LogP contribution is -2.24. The van der Waals surface area contributed by atoms with Gasteiger partial charge in [0, 0.05) is 19.2 Å². The molecule has 2 N–H and O–H groups in total. The first-order chi connectivity index (χ1) is 14.8. The van der Waals surface area contributed by atoms with Crippen molar-refractivity contribution in [3.63, 3.8) is 0 Å². The Hall–Kier alpha value is -2.84. The predicted octanol–water partition coefficient (Wildman–Crippen LogP) is 2.54. The van der Waals surface area contributed by atoms with Gasteiger partial charge in [0.1, 0.15) is 12.4 Å². The maximum absolute atomic E-state index is 11.9. The van der Waals surface area contributed by atoms with E-state index in [-0.39, 0.29) is 5.91 Å². The van der Waals surface area contributed by atoms with E-state index in [1.807, 2.05) is 42.5 Å². The first kappa shape index (κ1) is 21.4. The number of amides is 1. The summed E-state index contributed by atoms with van der Waals surface area (Å²) in [5.41, 5.74) is 5.81. The number of fused-ring (bicyclic) bond motifs is 1. The second-order valence-electron chi connectivity index (χ2n) is 7.90. The molecular weight excluding hydrogens is 414 g/mol. The predicted molar refractivity (Wildman–Crippen MR) is 122 cm³/mol. The van der Waals surface area contributed by atoms with E-state index in [2.05, 4.69) is 10.6 Å². The fourth-order valence-electron chi connectivity index (χ4n) is 3.93.